The van der Waals surface area contributed by atoms with Crippen LogP contribution in [0.25, 0.3) is 0 Å². The van der Waals surface area contributed by atoms with Crippen LogP contribution in [0.2, 0.25) is 0 Å². The van der Waals surface area contributed by atoms with Crippen molar-refractivity contribution >= 4 is 0 Å². The Morgan fingerprint density at radius 1 is 1.37 bits per heavy atom. The number of rotatable bonds is 4. The molecule has 106 valence electrons. The summed E-state index contributed by atoms with van der Waals surface area (Å²) in [7, 11) is 0. The quantitative estimate of drug-likeness (QED) is 0.906. The molecule has 1 aliphatic heterocycles. The van der Waals surface area contributed by atoms with E-state index in [1.165, 1.54) is 12.1 Å². The van der Waals surface area contributed by atoms with E-state index < -0.39 is 11.7 Å². The summed E-state index contributed by atoms with van der Waals surface area (Å²) >= 11 is 0. The van der Waals surface area contributed by atoms with Gasteiger partial charge in [-0.25, -0.2) is 0 Å². The first-order valence-corrected chi connectivity index (χ1v) is 6.49. The molecule has 1 aromatic carbocycles. The fourth-order valence-corrected chi connectivity index (χ4v) is 2.36. The molecule has 2 nitrogen and oxygen atoms in total. The highest BCUT2D eigenvalue weighted by Gasteiger charge is 2.34. The summed E-state index contributed by atoms with van der Waals surface area (Å²) in [5, 5.41) is 3.13. The summed E-state index contributed by atoms with van der Waals surface area (Å²) in [4.78, 5) is 0. The van der Waals surface area contributed by atoms with E-state index in [2.05, 4.69) is 5.32 Å². The maximum atomic E-state index is 12.9. The van der Waals surface area contributed by atoms with Gasteiger partial charge >= 0.3 is 6.18 Å². The number of halogens is 3. The molecule has 0 spiro atoms. The smallest absolute Gasteiger partial charge is 0.377 e. The molecule has 2 atom stereocenters. The second-order valence-electron chi connectivity index (χ2n) is 4.85. The Morgan fingerprint density at radius 3 is 2.74 bits per heavy atom. The van der Waals surface area contributed by atoms with Crippen molar-refractivity contribution in [2.24, 2.45) is 0 Å². The third-order valence-electron chi connectivity index (χ3n) is 3.41. The lowest BCUT2D eigenvalue weighted by Gasteiger charge is -2.21. The Morgan fingerprint density at radius 2 is 2.11 bits per heavy atom. The highest BCUT2D eigenvalue weighted by molar-refractivity contribution is 5.32. The summed E-state index contributed by atoms with van der Waals surface area (Å²) in [6.45, 7) is 3.09. The molecule has 19 heavy (non-hydrogen) atoms. The van der Waals surface area contributed by atoms with Crippen molar-refractivity contribution in [1.82, 2.24) is 5.32 Å². The molecule has 0 aliphatic carbocycles. The molecule has 0 aromatic heterocycles. The fraction of sp³-hybridized carbons (Fsp3) is 0.571. The van der Waals surface area contributed by atoms with Gasteiger partial charge in [-0.3, -0.25) is 0 Å². The lowest BCUT2D eigenvalue weighted by Crippen LogP contribution is -2.29. The molecule has 1 fully saturated rings. The highest BCUT2D eigenvalue weighted by atomic mass is 19.4. The first-order valence-electron chi connectivity index (χ1n) is 6.49. The Kier molecular flexibility index (Phi) is 4.47. The molecular weight excluding hydrogens is 255 g/mol. The normalized spacial score (nSPS) is 21.6. The van der Waals surface area contributed by atoms with Crippen LogP contribution in [0.1, 0.15) is 36.9 Å². The molecule has 2 unspecified atom stereocenters. The van der Waals surface area contributed by atoms with Gasteiger partial charge in [-0.15, -0.1) is 0 Å². The van der Waals surface area contributed by atoms with Crippen LogP contribution in [-0.4, -0.2) is 19.3 Å². The molecular formula is C14H18F3NO. The van der Waals surface area contributed by atoms with Gasteiger partial charge < -0.3 is 10.1 Å². The van der Waals surface area contributed by atoms with Crippen LogP contribution in [0.5, 0.6) is 0 Å². The molecule has 5 heteroatoms. The minimum absolute atomic E-state index is 0.125. The van der Waals surface area contributed by atoms with Crippen molar-refractivity contribution in [1.29, 1.82) is 0 Å². The van der Waals surface area contributed by atoms with Gasteiger partial charge in [0.15, 0.2) is 0 Å². The van der Waals surface area contributed by atoms with Crippen molar-refractivity contribution < 1.29 is 17.9 Å². The molecule has 1 aromatic rings. The number of alkyl halides is 3. The molecule has 2 rings (SSSR count). The monoisotopic (exact) mass is 273 g/mol. The van der Waals surface area contributed by atoms with E-state index in [4.69, 9.17) is 4.74 Å². The molecule has 1 aliphatic rings. The molecule has 0 radical (unpaired) electrons. The first kappa shape index (κ1) is 14.3. The Bertz CT molecular complexity index is 413. The van der Waals surface area contributed by atoms with Gasteiger partial charge in [0.1, 0.15) is 0 Å². The predicted molar refractivity (Wildman–Crippen MR) is 66.8 cm³/mol. The summed E-state index contributed by atoms with van der Waals surface area (Å²) < 4.78 is 44.1. The van der Waals surface area contributed by atoms with Crippen LogP contribution in [0.3, 0.4) is 0 Å². The van der Waals surface area contributed by atoms with Gasteiger partial charge in [0.25, 0.3) is 0 Å². The Hall–Kier alpha value is -1.07. The summed E-state index contributed by atoms with van der Waals surface area (Å²) in [6, 6.07) is 5.35. The van der Waals surface area contributed by atoms with Crippen molar-refractivity contribution in [2.45, 2.75) is 38.1 Å². The van der Waals surface area contributed by atoms with E-state index in [0.717, 1.165) is 25.5 Å². The maximum absolute atomic E-state index is 12.9. The lowest BCUT2D eigenvalue weighted by atomic mass is 10.0. The number of nitrogens with one attached hydrogen (secondary N) is 1. The van der Waals surface area contributed by atoms with Gasteiger partial charge in [0.05, 0.1) is 11.7 Å². The zero-order chi connectivity index (χ0) is 13.9. The summed E-state index contributed by atoms with van der Waals surface area (Å²) in [6.07, 6.45) is -2.18. The van der Waals surface area contributed by atoms with Crippen LogP contribution in [-0.2, 0) is 10.9 Å². The third-order valence-corrected chi connectivity index (χ3v) is 3.41. The summed E-state index contributed by atoms with van der Waals surface area (Å²) in [5.74, 6) is 0. The number of ether oxygens (including phenoxy) is 1. The molecule has 1 N–H and O–H groups in total. The van der Waals surface area contributed by atoms with E-state index in [0.29, 0.717) is 6.54 Å². The van der Waals surface area contributed by atoms with E-state index >= 15 is 0 Å². The van der Waals surface area contributed by atoms with Gasteiger partial charge in [-0.05, 0) is 31.4 Å². The number of hydrogen-bond acceptors (Lipinski definition) is 2. The standard InChI is InChI=1S/C14H18F3NO/c1-10(18-9-11-5-4-8-19-11)12-6-2-3-7-13(12)14(15,16)17/h2-3,6-7,10-11,18H,4-5,8-9H2,1H3. The maximum Gasteiger partial charge on any atom is 0.416 e. The van der Waals surface area contributed by atoms with E-state index in [1.54, 1.807) is 13.0 Å². The second kappa shape index (κ2) is 5.92. The average molecular weight is 273 g/mol. The molecule has 1 saturated heterocycles. The SMILES string of the molecule is CC(NCC1CCCO1)c1ccccc1C(F)(F)F. The van der Waals surface area contributed by atoms with Gasteiger partial charge in [0.2, 0.25) is 0 Å². The van der Waals surface area contributed by atoms with Crippen LogP contribution in [0.15, 0.2) is 24.3 Å². The third kappa shape index (κ3) is 3.70. The molecule has 1 heterocycles. The molecule has 0 saturated carbocycles. The first-order chi connectivity index (χ1) is 8.98. The van der Waals surface area contributed by atoms with E-state index in [9.17, 15) is 13.2 Å². The fourth-order valence-electron chi connectivity index (χ4n) is 2.36. The van der Waals surface area contributed by atoms with Crippen molar-refractivity contribution in [3.63, 3.8) is 0 Å². The number of hydrogen-bond donors (Lipinski definition) is 1. The van der Waals surface area contributed by atoms with Crippen LogP contribution in [0.4, 0.5) is 13.2 Å². The van der Waals surface area contributed by atoms with Gasteiger partial charge in [0, 0.05) is 19.2 Å². The minimum atomic E-state index is -4.31. The highest BCUT2D eigenvalue weighted by Crippen LogP contribution is 2.34. The topological polar surface area (TPSA) is 21.3 Å². The van der Waals surface area contributed by atoms with E-state index in [-0.39, 0.29) is 17.7 Å². The van der Waals surface area contributed by atoms with Crippen LogP contribution < -0.4 is 5.32 Å². The van der Waals surface area contributed by atoms with Crippen LogP contribution >= 0.6 is 0 Å². The lowest BCUT2D eigenvalue weighted by molar-refractivity contribution is -0.138. The Balaban J connectivity index is 2.03. The molecule has 0 bridgehead atoms. The van der Waals surface area contributed by atoms with Crippen molar-refractivity contribution in [2.75, 3.05) is 13.2 Å². The van der Waals surface area contributed by atoms with Gasteiger partial charge in [-0.1, -0.05) is 18.2 Å². The van der Waals surface area contributed by atoms with E-state index in [1.807, 2.05) is 0 Å². The Labute approximate surface area is 111 Å². The zero-order valence-corrected chi connectivity index (χ0v) is 10.8. The second-order valence-corrected chi connectivity index (χ2v) is 4.85. The predicted octanol–water partition coefficient (Wildman–Crippen LogP) is 3.54. The zero-order valence-electron chi connectivity index (χ0n) is 10.8. The van der Waals surface area contributed by atoms with Crippen molar-refractivity contribution in [3.05, 3.63) is 35.4 Å². The van der Waals surface area contributed by atoms with Crippen LogP contribution in [0, 0.1) is 0 Å². The average Bonchev–Trinajstić information content (AvgIpc) is 2.88. The largest absolute Gasteiger partial charge is 0.416 e. The molecule has 0 amide bonds. The summed E-state index contributed by atoms with van der Waals surface area (Å²) in [5.41, 5.74) is -0.282. The number of benzene rings is 1. The van der Waals surface area contributed by atoms with Crippen molar-refractivity contribution in [3.8, 4) is 0 Å². The van der Waals surface area contributed by atoms with Gasteiger partial charge in [-0.2, -0.15) is 13.2 Å². The minimum Gasteiger partial charge on any atom is -0.377 e.